The molecule has 0 spiro atoms. The van der Waals surface area contributed by atoms with E-state index >= 15 is 0 Å². The zero-order valence-corrected chi connectivity index (χ0v) is 12.2. The lowest BCUT2D eigenvalue weighted by atomic mass is 9.96. The molecular formula is C12H21ClN4O2. The highest BCUT2D eigenvalue weighted by molar-refractivity contribution is 5.85. The van der Waals surface area contributed by atoms with Crippen molar-refractivity contribution in [3.8, 4) is 0 Å². The van der Waals surface area contributed by atoms with E-state index in [1.165, 1.54) is 0 Å². The molecule has 108 valence electrons. The van der Waals surface area contributed by atoms with Crippen LogP contribution < -0.4 is 10.6 Å². The molecule has 1 aliphatic carbocycles. The number of aryl methyl sites for hydroxylation is 1. The van der Waals surface area contributed by atoms with Crippen LogP contribution in [0.4, 0.5) is 0 Å². The van der Waals surface area contributed by atoms with Crippen molar-refractivity contribution < 1.29 is 9.32 Å². The molecule has 1 aromatic rings. The minimum atomic E-state index is -0.414. The van der Waals surface area contributed by atoms with Gasteiger partial charge in [0.25, 0.3) is 0 Å². The molecule has 0 aromatic carbocycles. The summed E-state index contributed by atoms with van der Waals surface area (Å²) in [6.07, 6.45) is 4.41. The van der Waals surface area contributed by atoms with Crippen molar-refractivity contribution in [1.29, 1.82) is 0 Å². The molecule has 2 N–H and O–H groups in total. The summed E-state index contributed by atoms with van der Waals surface area (Å²) in [4.78, 5) is 16.2. The summed E-state index contributed by atoms with van der Waals surface area (Å²) in [5, 5.41) is 10.0. The van der Waals surface area contributed by atoms with Gasteiger partial charge in [0.05, 0.1) is 0 Å². The zero-order valence-electron chi connectivity index (χ0n) is 11.4. The van der Waals surface area contributed by atoms with Crippen LogP contribution in [0.25, 0.3) is 0 Å². The van der Waals surface area contributed by atoms with Crippen LogP contribution in [0.3, 0.4) is 0 Å². The molecule has 1 aromatic heterocycles. The smallest absolute Gasteiger partial charge is 0.223 e. The minimum absolute atomic E-state index is 0. The molecule has 1 heterocycles. The first-order valence-electron chi connectivity index (χ1n) is 6.43. The van der Waals surface area contributed by atoms with Gasteiger partial charge in [-0.2, -0.15) is 4.98 Å². The molecule has 1 saturated carbocycles. The van der Waals surface area contributed by atoms with Gasteiger partial charge >= 0.3 is 0 Å². The van der Waals surface area contributed by atoms with Gasteiger partial charge in [0.2, 0.25) is 11.8 Å². The lowest BCUT2D eigenvalue weighted by molar-refractivity contribution is -0.123. The fourth-order valence-corrected chi connectivity index (χ4v) is 2.44. The van der Waals surface area contributed by atoms with E-state index in [1.54, 1.807) is 6.92 Å². The van der Waals surface area contributed by atoms with Crippen LogP contribution in [-0.2, 0) is 10.3 Å². The number of aromatic nitrogens is 2. The van der Waals surface area contributed by atoms with Crippen LogP contribution in [-0.4, -0.2) is 29.6 Å². The number of halogens is 1. The van der Waals surface area contributed by atoms with Crippen molar-refractivity contribution in [3.05, 3.63) is 11.7 Å². The van der Waals surface area contributed by atoms with Gasteiger partial charge in [-0.15, -0.1) is 12.4 Å². The van der Waals surface area contributed by atoms with Crippen LogP contribution in [0.5, 0.6) is 0 Å². The number of carbonyl (C=O) groups excluding carboxylic acids is 1. The van der Waals surface area contributed by atoms with Crippen molar-refractivity contribution in [2.24, 2.45) is 0 Å². The summed E-state index contributed by atoms with van der Waals surface area (Å²) in [6, 6.07) is 0. The lowest BCUT2D eigenvalue weighted by Gasteiger charge is -2.26. The maximum absolute atomic E-state index is 11.9. The van der Waals surface area contributed by atoms with E-state index < -0.39 is 5.54 Å². The predicted octanol–water partition coefficient (Wildman–Crippen LogP) is 1.29. The van der Waals surface area contributed by atoms with Crippen LogP contribution in [0.15, 0.2) is 4.52 Å². The van der Waals surface area contributed by atoms with Crippen molar-refractivity contribution >= 4 is 18.3 Å². The van der Waals surface area contributed by atoms with Crippen molar-refractivity contribution in [2.45, 2.75) is 44.6 Å². The molecule has 2 rings (SSSR count). The predicted molar refractivity (Wildman–Crippen MR) is 73.1 cm³/mol. The summed E-state index contributed by atoms with van der Waals surface area (Å²) >= 11 is 0. The highest BCUT2D eigenvalue weighted by atomic mass is 35.5. The number of nitrogens with zero attached hydrogens (tertiary/aromatic N) is 2. The Balaban J connectivity index is 0.00000180. The summed E-state index contributed by atoms with van der Waals surface area (Å²) in [6.45, 7) is 2.44. The zero-order chi connectivity index (χ0) is 13.0. The van der Waals surface area contributed by atoms with Crippen LogP contribution in [0, 0.1) is 6.92 Å². The molecule has 0 bridgehead atoms. The van der Waals surface area contributed by atoms with Gasteiger partial charge in [-0.3, -0.25) is 4.79 Å². The first-order valence-corrected chi connectivity index (χ1v) is 6.43. The van der Waals surface area contributed by atoms with E-state index in [1.807, 2.05) is 7.05 Å². The summed E-state index contributed by atoms with van der Waals surface area (Å²) in [7, 11) is 1.83. The second-order valence-corrected chi connectivity index (χ2v) is 4.83. The molecule has 1 amide bonds. The lowest BCUT2D eigenvalue weighted by Crippen LogP contribution is -2.45. The largest absolute Gasteiger partial charge is 0.343 e. The van der Waals surface area contributed by atoms with Gasteiger partial charge < -0.3 is 15.2 Å². The Morgan fingerprint density at radius 1 is 1.42 bits per heavy atom. The number of hydrogen-bond acceptors (Lipinski definition) is 5. The van der Waals surface area contributed by atoms with E-state index in [-0.39, 0.29) is 18.3 Å². The Hall–Kier alpha value is -1.14. The number of nitrogens with one attached hydrogen (secondary N) is 2. The third-order valence-corrected chi connectivity index (χ3v) is 3.39. The first-order chi connectivity index (χ1) is 8.66. The van der Waals surface area contributed by atoms with Crippen LogP contribution >= 0.6 is 12.4 Å². The van der Waals surface area contributed by atoms with E-state index in [0.29, 0.717) is 24.7 Å². The van der Waals surface area contributed by atoms with E-state index in [0.717, 1.165) is 25.7 Å². The number of hydrogen-bond donors (Lipinski definition) is 2. The Labute approximate surface area is 119 Å². The van der Waals surface area contributed by atoms with Gasteiger partial charge in [0.15, 0.2) is 5.82 Å². The summed E-state index contributed by atoms with van der Waals surface area (Å²) in [5.41, 5.74) is -0.414. The van der Waals surface area contributed by atoms with Crippen molar-refractivity contribution in [3.63, 3.8) is 0 Å². The van der Waals surface area contributed by atoms with Gasteiger partial charge in [0.1, 0.15) is 5.54 Å². The van der Waals surface area contributed by atoms with Gasteiger partial charge in [-0.25, -0.2) is 0 Å². The Morgan fingerprint density at radius 2 is 2.11 bits per heavy atom. The number of amides is 1. The Kier molecular flexibility index (Phi) is 5.75. The topological polar surface area (TPSA) is 80.0 Å². The molecule has 0 atom stereocenters. The fourth-order valence-electron chi connectivity index (χ4n) is 2.44. The van der Waals surface area contributed by atoms with Crippen LogP contribution in [0.2, 0.25) is 0 Å². The minimum Gasteiger partial charge on any atom is -0.343 e. The SMILES string of the molecule is CNCCC(=O)NC1(c2noc(C)n2)CCCC1.Cl. The molecule has 0 aliphatic heterocycles. The van der Waals surface area contributed by atoms with E-state index in [2.05, 4.69) is 20.8 Å². The second-order valence-electron chi connectivity index (χ2n) is 4.83. The monoisotopic (exact) mass is 288 g/mol. The quantitative estimate of drug-likeness (QED) is 0.853. The summed E-state index contributed by atoms with van der Waals surface area (Å²) < 4.78 is 5.04. The number of rotatable bonds is 5. The average molecular weight is 289 g/mol. The molecule has 19 heavy (non-hydrogen) atoms. The normalized spacial score (nSPS) is 16.9. The molecule has 6 nitrogen and oxygen atoms in total. The van der Waals surface area contributed by atoms with Crippen molar-refractivity contribution in [2.75, 3.05) is 13.6 Å². The maximum atomic E-state index is 11.9. The second kappa shape index (κ2) is 6.86. The van der Waals surface area contributed by atoms with Gasteiger partial charge in [-0.05, 0) is 19.9 Å². The maximum Gasteiger partial charge on any atom is 0.223 e. The molecule has 1 fully saturated rings. The first kappa shape index (κ1) is 15.9. The molecule has 7 heteroatoms. The Morgan fingerprint density at radius 3 is 2.63 bits per heavy atom. The third kappa shape index (κ3) is 3.67. The molecule has 1 aliphatic rings. The van der Waals surface area contributed by atoms with E-state index in [4.69, 9.17) is 4.52 Å². The molecule has 0 radical (unpaired) electrons. The van der Waals surface area contributed by atoms with Crippen LogP contribution in [0.1, 0.15) is 43.8 Å². The molecule has 0 saturated heterocycles. The highest BCUT2D eigenvalue weighted by Crippen LogP contribution is 2.37. The average Bonchev–Trinajstić information content (AvgIpc) is 2.96. The van der Waals surface area contributed by atoms with Gasteiger partial charge in [-0.1, -0.05) is 18.0 Å². The number of carbonyl (C=O) groups is 1. The van der Waals surface area contributed by atoms with Crippen molar-refractivity contribution in [1.82, 2.24) is 20.8 Å². The fraction of sp³-hybridized carbons (Fsp3) is 0.750. The highest BCUT2D eigenvalue weighted by Gasteiger charge is 2.40. The standard InChI is InChI=1S/C12H20N4O2.ClH/c1-9-14-11(16-18-9)12(6-3-4-7-12)15-10(17)5-8-13-2;/h13H,3-8H2,1-2H3,(H,15,17);1H. The molecular weight excluding hydrogens is 268 g/mol. The molecule has 0 unspecified atom stereocenters. The third-order valence-electron chi connectivity index (χ3n) is 3.39. The van der Waals surface area contributed by atoms with Gasteiger partial charge in [0, 0.05) is 19.9 Å². The Bertz CT molecular complexity index is 416. The summed E-state index contributed by atoms with van der Waals surface area (Å²) in [5.74, 6) is 1.20. The van der Waals surface area contributed by atoms with E-state index in [9.17, 15) is 4.79 Å².